The molecule has 0 atom stereocenters. The maximum atomic E-state index is 13.3. The molecule has 2 aromatic carbocycles. The summed E-state index contributed by atoms with van der Waals surface area (Å²) < 4.78 is 41.5. The van der Waals surface area contributed by atoms with E-state index >= 15 is 0 Å². The number of imidazole rings is 1. The van der Waals surface area contributed by atoms with Crippen molar-refractivity contribution < 1.29 is 17.7 Å². The molecule has 8 heteroatoms. The second kappa shape index (κ2) is 6.13. The van der Waals surface area contributed by atoms with Gasteiger partial charge in [0.2, 0.25) is 0 Å². The summed E-state index contributed by atoms with van der Waals surface area (Å²) in [6.07, 6.45) is -4.43. The highest BCUT2D eigenvalue weighted by molar-refractivity contribution is 7.13. The van der Waals surface area contributed by atoms with Gasteiger partial charge in [0.1, 0.15) is 16.1 Å². The van der Waals surface area contributed by atoms with E-state index in [0.717, 1.165) is 17.0 Å². The number of aromatic amines is 1. The van der Waals surface area contributed by atoms with Gasteiger partial charge < -0.3 is 0 Å². The third-order valence-corrected chi connectivity index (χ3v) is 5.29. The van der Waals surface area contributed by atoms with Gasteiger partial charge in [0.15, 0.2) is 5.52 Å². The summed E-state index contributed by atoms with van der Waals surface area (Å²) >= 11 is 1.48. The molecule has 3 heterocycles. The highest BCUT2D eigenvalue weighted by Gasteiger charge is 2.32. The Kier molecular flexibility index (Phi) is 3.70. The van der Waals surface area contributed by atoms with Crippen LogP contribution in [0.2, 0.25) is 0 Å². The Morgan fingerprint density at radius 2 is 1.68 bits per heavy atom. The zero-order valence-electron chi connectivity index (χ0n) is 14.2. The number of nitrogens with one attached hydrogen (secondary N) is 1. The van der Waals surface area contributed by atoms with Gasteiger partial charge in [-0.25, -0.2) is 9.97 Å². The predicted molar refractivity (Wildman–Crippen MR) is 101 cm³/mol. The van der Waals surface area contributed by atoms with E-state index in [0.29, 0.717) is 33.8 Å². The van der Waals surface area contributed by atoms with Crippen LogP contribution in [0.3, 0.4) is 0 Å². The third-order valence-electron chi connectivity index (χ3n) is 4.41. The van der Waals surface area contributed by atoms with Crippen LogP contribution in [0.4, 0.5) is 13.2 Å². The minimum absolute atomic E-state index is 0.369. The lowest BCUT2D eigenvalue weighted by molar-refractivity contribution is -0.556. The van der Waals surface area contributed by atoms with Crippen LogP contribution in [-0.4, -0.2) is 15.0 Å². The fourth-order valence-corrected chi connectivity index (χ4v) is 3.88. The Bertz CT molecular complexity index is 1310. The average molecular weight is 397 g/mol. The van der Waals surface area contributed by atoms with E-state index in [1.165, 1.54) is 17.4 Å². The number of rotatable bonds is 2. The first kappa shape index (κ1) is 16.9. The van der Waals surface area contributed by atoms with E-state index < -0.39 is 11.7 Å². The van der Waals surface area contributed by atoms with E-state index in [9.17, 15) is 13.2 Å². The minimum Gasteiger partial charge on any atom is -0.250 e. The van der Waals surface area contributed by atoms with Crippen LogP contribution in [0.15, 0.2) is 66.0 Å². The van der Waals surface area contributed by atoms with Crippen molar-refractivity contribution in [3.05, 3.63) is 71.6 Å². The first-order chi connectivity index (χ1) is 13.5. The van der Waals surface area contributed by atoms with Gasteiger partial charge in [0.25, 0.3) is 11.5 Å². The Labute approximate surface area is 160 Å². The SMILES string of the molecule is FC(F)(F)c1cccc(-[n+]2c(-c3cccs3)[nH]c3nc4ccccc4nc32)c1. The quantitative estimate of drug-likeness (QED) is 0.420. The van der Waals surface area contributed by atoms with Crippen molar-refractivity contribution in [2.75, 3.05) is 0 Å². The number of alkyl halides is 3. The number of hydrogen-bond acceptors (Lipinski definition) is 3. The second-order valence-electron chi connectivity index (χ2n) is 6.22. The van der Waals surface area contributed by atoms with Crippen molar-refractivity contribution in [2.45, 2.75) is 6.18 Å². The van der Waals surface area contributed by atoms with Crippen molar-refractivity contribution in [3.8, 4) is 16.4 Å². The molecular formula is C20H12F3N4S+. The van der Waals surface area contributed by atoms with E-state index in [1.54, 1.807) is 10.6 Å². The molecule has 28 heavy (non-hydrogen) atoms. The topological polar surface area (TPSA) is 45.5 Å². The molecule has 0 saturated carbocycles. The van der Waals surface area contributed by atoms with Crippen LogP contribution in [-0.2, 0) is 6.18 Å². The summed E-state index contributed by atoms with van der Waals surface area (Å²) in [5, 5.41) is 1.91. The van der Waals surface area contributed by atoms with Crippen LogP contribution in [0.25, 0.3) is 38.7 Å². The molecule has 3 aromatic heterocycles. The molecule has 0 bridgehead atoms. The first-order valence-corrected chi connectivity index (χ1v) is 9.31. The first-order valence-electron chi connectivity index (χ1n) is 8.43. The lowest BCUT2D eigenvalue weighted by Crippen LogP contribution is -2.33. The van der Waals surface area contributed by atoms with Gasteiger partial charge in [-0.05, 0) is 41.8 Å². The molecule has 0 radical (unpaired) electrons. The summed E-state index contributed by atoms with van der Waals surface area (Å²) in [6.45, 7) is 0. The average Bonchev–Trinajstić information content (AvgIpc) is 3.33. The van der Waals surface area contributed by atoms with Gasteiger partial charge in [-0.1, -0.05) is 29.2 Å². The Balaban J connectivity index is 1.85. The fraction of sp³-hybridized carbons (Fsp3) is 0.0500. The lowest BCUT2D eigenvalue weighted by atomic mass is 10.2. The molecule has 5 rings (SSSR count). The van der Waals surface area contributed by atoms with E-state index in [4.69, 9.17) is 0 Å². The van der Waals surface area contributed by atoms with Crippen molar-refractivity contribution in [1.29, 1.82) is 0 Å². The number of thiophene rings is 1. The maximum absolute atomic E-state index is 13.3. The predicted octanol–water partition coefficient (Wildman–Crippen LogP) is 5.14. The van der Waals surface area contributed by atoms with Gasteiger partial charge in [-0.2, -0.15) is 17.7 Å². The Hall–Kier alpha value is -3.26. The van der Waals surface area contributed by atoms with Gasteiger partial charge in [0.05, 0.1) is 5.56 Å². The number of nitrogens with zero attached hydrogens (tertiary/aromatic N) is 3. The highest BCUT2D eigenvalue weighted by atomic mass is 32.1. The number of para-hydroxylation sites is 2. The number of H-pyrrole nitrogens is 1. The summed E-state index contributed by atoms with van der Waals surface area (Å²) in [5.74, 6) is 0.639. The number of aromatic nitrogens is 4. The third kappa shape index (κ3) is 2.73. The van der Waals surface area contributed by atoms with Crippen molar-refractivity contribution in [1.82, 2.24) is 15.0 Å². The standard InChI is InChI=1S/C20H11F3N4S/c21-20(22,23)12-5-3-6-13(11-12)27-18(16-9-4-10-28-16)26-17-19(27)25-15-8-2-1-7-14(15)24-17/h1-11H/p+1. The fourth-order valence-electron chi connectivity index (χ4n) is 3.16. The molecule has 0 unspecified atom stereocenters. The summed E-state index contributed by atoms with van der Waals surface area (Å²) in [5.41, 5.74) is 2.03. The Morgan fingerprint density at radius 1 is 0.893 bits per heavy atom. The van der Waals surface area contributed by atoms with E-state index in [1.807, 2.05) is 41.8 Å². The molecule has 4 nitrogen and oxygen atoms in total. The summed E-state index contributed by atoms with van der Waals surface area (Å²) in [7, 11) is 0. The van der Waals surface area contributed by atoms with Crippen LogP contribution in [0.5, 0.6) is 0 Å². The molecule has 0 aliphatic rings. The van der Waals surface area contributed by atoms with Crippen LogP contribution in [0.1, 0.15) is 5.56 Å². The molecule has 0 spiro atoms. The molecule has 5 aromatic rings. The molecule has 0 amide bonds. The smallest absolute Gasteiger partial charge is 0.250 e. The molecule has 1 N–H and O–H groups in total. The van der Waals surface area contributed by atoms with Gasteiger partial charge >= 0.3 is 11.8 Å². The largest absolute Gasteiger partial charge is 0.416 e. The van der Waals surface area contributed by atoms with Crippen molar-refractivity contribution in [3.63, 3.8) is 0 Å². The van der Waals surface area contributed by atoms with Crippen LogP contribution >= 0.6 is 11.3 Å². The number of benzene rings is 2. The molecular weight excluding hydrogens is 385 g/mol. The van der Waals surface area contributed by atoms with Crippen LogP contribution in [0, 0.1) is 0 Å². The normalized spacial score (nSPS) is 12.1. The molecule has 138 valence electrons. The summed E-state index contributed by atoms with van der Waals surface area (Å²) in [6, 6.07) is 16.4. The van der Waals surface area contributed by atoms with E-state index in [2.05, 4.69) is 15.0 Å². The molecule has 0 fully saturated rings. The zero-order chi connectivity index (χ0) is 19.3. The minimum atomic E-state index is -4.43. The summed E-state index contributed by atoms with van der Waals surface area (Å²) in [4.78, 5) is 13.4. The van der Waals surface area contributed by atoms with Crippen molar-refractivity contribution >= 4 is 33.7 Å². The second-order valence-corrected chi connectivity index (χ2v) is 7.17. The Morgan fingerprint density at radius 3 is 2.39 bits per heavy atom. The molecule has 0 aliphatic carbocycles. The van der Waals surface area contributed by atoms with Gasteiger partial charge in [-0.15, -0.1) is 11.3 Å². The van der Waals surface area contributed by atoms with Crippen LogP contribution < -0.4 is 4.57 Å². The number of fused-ring (bicyclic) bond motifs is 2. The molecule has 0 aliphatic heterocycles. The van der Waals surface area contributed by atoms with Crippen molar-refractivity contribution in [2.24, 2.45) is 0 Å². The number of hydrogen-bond donors (Lipinski definition) is 1. The lowest BCUT2D eigenvalue weighted by Gasteiger charge is -2.08. The van der Waals surface area contributed by atoms with Gasteiger partial charge in [-0.3, -0.25) is 0 Å². The van der Waals surface area contributed by atoms with Gasteiger partial charge in [0, 0.05) is 0 Å². The molecule has 0 saturated heterocycles. The zero-order valence-corrected chi connectivity index (χ0v) is 15.1. The number of halogens is 3. The monoisotopic (exact) mass is 397 g/mol. The highest BCUT2D eigenvalue weighted by Crippen LogP contribution is 2.31. The maximum Gasteiger partial charge on any atom is 0.416 e. The van der Waals surface area contributed by atoms with E-state index in [-0.39, 0.29) is 0 Å².